The van der Waals surface area contributed by atoms with Gasteiger partial charge in [0.05, 0.1) is 5.75 Å². The van der Waals surface area contributed by atoms with E-state index in [1.54, 1.807) is 6.92 Å². The molecule has 1 rings (SSSR count). The Bertz CT molecular complexity index is 403. The van der Waals surface area contributed by atoms with Gasteiger partial charge in [0.25, 0.3) is 0 Å². The maximum absolute atomic E-state index is 11.1. The van der Waals surface area contributed by atoms with Gasteiger partial charge in [-0.05, 0) is 0 Å². The molecule has 0 saturated carbocycles. The van der Waals surface area contributed by atoms with Crippen LogP contribution in [-0.2, 0) is 15.7 Å². The Morgan fingerprint density at radius 3 is 2.73 bits per heavy atom. The second-order valence-electron chi connectivity index (χ2n) is 2.80. The molecule has 15 heavy (non-hydrogen) atoms. The van der Waals surface area contributed by atoms with Crippen molar-refractivity contribution in [1.29, 1.82) is 0 Å². The lowest BCUT2D eigenvalue weighted by Gasteiger charge is -2.00. The van der Waals surface area contributed by atoms with Crippen LogP contribution >= 0.6 is 11.6 Å². The third kappa shape index (κ3) is 4.05. The SMILES string of the molecule is CCS(=O)(=O)CCNc1nnc(CCl)o1. The maximum Gasteiger partial charge on any atom is 0.315 e. The molecule has 0 spiro atoms. The summed E-state index contributed by atoms with van der Waals surface area (Å²) in [7, 11) is -2.97. The molecule has 0 bridgehead atoms. The number of nitrogens with one attached hydrogen (secondary N) is 1. The summed E-state index contributed by atoms with van der Waals surface area (Å²) in [4.78, 5) is 0. The van der Waals surface area contributed by atoms with Gasteiger partial charge in [0.15, 0.2) is 9.84 Å². The number of hydrogen-bond acceptors (Lipinski definition) is 6. The lowest BCUT2D eigenvalue weighted by Crippen LogP contribution is -2.17. The van der Waals surface area contributed by atoms with E-state index in [1.165, 1.54) is 0 Å². The van der Waals surface area contributed by atoms with Crippen LogP contribution in [0.2, 0.25) is 0 Å². The molecule has 1 heterocycles. The predicted molar refractivity (Wildman–Crippen MR) is 56.7 cm³/mol. The predicted octanol–water partition coefficient (Wildman–Crippen LogP) is 0.655. The van der Waals surface area contributed by atoms with Gasteiger partial charge in [-0.15, -0.1) is 16.7 Å². The molecular formula is C7H12ClN3O3S. The molecule has 0 atom stereocenters. The van der Waals surface area contributed by atoms with Gasteiger partial charge in [-0.3, -0.25) is 0 Å². The smallest absolute Gasteiger partial charge is 0.315 e. The number of rotatable bonds is 6. The van der Waals surface area contributed by atoms with Gasteiger partial charge >= 0.3 is 6.01 Å². The van der Waals surface area contributed by atoms with Crippen molar-refractivity contribution in [2.45, 2.75) is 12.8 Å². The van der Waals surface area contributed by atoms with Gasteiger partial charge in [-0.25, -0.2) is 8.42 Å². The Morgan fingerprint density at radius 2 is 2.20 bits per heavy atom. The van der Waals surface area contributed by atoms with Gasteiger partial charge in [-0.2, -0.15) is 0 Å². The average Bonchev–Trinajstić information content (AvgIpc) is 2.66. The minimum atomic E-state index is -2.97. The third-order valence-corrected chi connectivity index (χ3v) is 3.64. The zero-order chi connectivity index (χ0) is 11.3. The maximum atomic E-state index is 11.1. The van der Waals surface area contributed by atoms with E-state index in [0.717, 1.165) is 0 Å². The van der Waals surface area contributed by atoms with Crippen molar-refractivity contribution < 1.29 is 12.8 Å². The molecule has 0 unspecified atom stereocenters. The number of anilines is 1. The van der Waals surface area contributed by atoms with E-state index >= 15 is 0 Å². The van der Waals surface area contributed by atoms with E-state index in [9.17, 15) is 8.42 Å². The van der Waals surface area contributed by atoms with Crippen molar-refractivity contribution in [3.63, 3.8) is 0 Å². The topological polar surface area (TPSA) is 85.1 Å². The zero-order valence-electron chi connectivity index (χ0n) is 8.23. The fourth-order valence-corrected chi connectivity index (χ4v) is 1.65. The molecule has 0 amide bonds. The van der Waals surface area contributed by atoms with Crippen molar-refractivity contribution in [3.8, 4) is 0 Å². The highest BCUT2D eigenvalue weighted by Gasteiger charge is 2.08. The molecule has 0 aliphatic heterocycles. The second-order valence-corrected chi connectivity index (χ2v) is 5.54. The first-order valence-electron chi connectivity index (χ1n) is 4.40. The number of halogens is 1. The molecule has 86 valence electrons. The number of sulfone groups is 1. The number of hydrogen-bond donors (Lipinski definition) is 1. The summed E-state index contributed by atoms with van der Waals surface area (Å²) >= 11 is 5.45. The van der Waals surface area contributed by atoms with Crippen LogP contribution in [0.3, 0.4) is 0 Å². The van der Waals surface area contributed by atoms with Crippen LogP contribution in [0.4, 0.5) is 6.01 Å². The van der Waals surface area contributed by atoms with E-state index in [-0.39, 0.29) is 29.9 Å². The quantitative estimate of drug-likeness (QED) is 0.750. The molecule has 8 heteroatoms. The molecule has 0 aliphatic rings. The van der Waals surface area contributed by atoms with Crippen LogP contribution in [0.1, 0.15) is 12.8 Å². The first kappa shape index (κ1) is 12.3. The monoisotopic (exact) mass is 253 g/mol. The van der Waals surface area contributed by atoms with Gasteiger partial charge in [0.1, 0.15) is 5.88 Å². The summed E-state index contributed by atoms with van der Waals surface area (Å²) in [5.74, 6) is 0.618. The number of aromatic nitrogens is 2. The first-order valence-corrected chi connectivity index (χ1v) is 6.75. The largest absolute Gasteiger partial charge is 0.407 e. The number of nitrogens with zero attached hydrogens (tertiary/aromatic N) is 2. The molecule has 0 aromatic carbocycles. The first-order chi connectivity index (χ1) is 7.07. The summed E-state index contributed by atoms with van der Waals surface area (Å²) in [5, 5.41) is 9.95. The van der Waals surface area contributed by atoms with Crippen LogP contribution in [0.5, 0.6) is 0 Å². The fraction of sp³-hybridized carbons (Fsp3) is 0.714. The summed E-state index contributed by atoms with van der Waals surface area (Å²) in [6.07, 6.45) is 0. The van der Waals surface area contributed by atoms with Crippen molar-refractivity contribution in [2.24, 2.45) is 0 Å². The van der Waals surface area contributed by atoms with Crippen LogP contribution in [0, 0.1) is 0 Å². The highest BCUT2D eigenvalue weighted by Crippen LogP contribution is 2.06. The molecule has 0 radical (unpaired) electrons. The van der Waals surface area contributed by atoms with Crippen LogP contribution in [0.25, 0.3) is 0 Å². The molecular weight excluding hydrogens is 242 g/mol. The van der Waals surface area contributed by atoms with Gasteiger partial charge < -0.3 is 9.73 Å². The standard InChI is InChI=1S/C7H12ClN3O3S/c1-2-15(12,13)4-3-9-7-11-10-6(5-8)14-7/h2-5H2,1H3,(H,9,11). The summed E-state index contributed by atoms with van der Waals surface area (Å²) in [5.41, 5.74) is 0. The van der Waals surface area contributed by atoms with Crippen LogP contribution in [-0.4, -0.2) is 36.7 Å². The lowest BCUT2D eigenvalue weighted by atomic mass is 10.7. The molecule has 1 aromatic rings. The van der Waals surface area contributed by atoms with E-state index in [4.69, 9.17) is 16.0 Å². The van der Waals surface area contributed by atoms with Gasteiger partial charge in [-0.1, -0.05) is 12.0 Å². The van der Waals surface area contributed by atoms with Gasteiger partial charge in [0, 0.05) is 12.3 Å². The second kappa shape index (κ2) is 5.32. The normalized spacial score (nSPS) is 11.6. The Morgan fingerprint density at radius 1 is 1.47 bits per heavy atom. The molecule has 1 N–H and O–H groups in total. The highest BCUT2D eigenvalue weighted by atomic mass is 35.5. The Labute approximate surface area is 92.9 Å². The molecule has 1 aromatic heterocycles. The zero-order valence-corrected chi connectivity index (χ0v) is 9.81. The minimum absolute atomic E-state index is 0.0437. The third-order valence-electron chi connectivity index (χ3n) is 1.71. The van der Waals surface area contributed by atoms with Crippen LogP contribution in [0.15, 0.2) is 4.42 Å². The summed E-state index contributed by atoms with van der Waals surface area (Å²) in [6.45, 7) is 1.85. The van der Waals surface area contributed by atoms with Crippen LogP contribution < -0.4 is 5.32 Å². The molecule has 0 aliphatic carbocycles. The molecule has 0 saturated heterocycles. The minimum Gasteiger partial charge on any atom is -0.407 e. The summed E-state index contributed by atoms with van der Waals surface area (Å²) < 4.78 is 27.3. The van der Waals surface area contributed by atoms with Crippen molar-refractivity contribution in [1.82, 2.24) is 10.2 Å². The van der Waals surface area contributed by atoms with Crippen molar-refractivity contribution in [2.75, 3.05) is 23.4 Å². The Kier molecular flexibility index (Phi) is 4.34. The van der Waals surface area contributed by atoms with Gasteiger partial charge in [0.2, 0.25) is 5.89 Å². The summed E-state index contributed by atoms with van der Waals surface area (Å²) in [6, 6.07) is 0.192. The highest BCUT2D eigenvalue weighted by molar-refractivity contribution is 7.91. The van der Waals surface area contributed by atoms with E-state index in [1.807, 2.05) is 0 Å². The Hall–Kier alpha value is -0.820. The number of alkyl halides is 1. The van der Waals surface area contributed by atoms with E-state index < -0.39 is 9.84 Å². The fourth-order valence-electron chi connectivity index (χ4n) is 0.837. The Balaban J connectivity index is 2.38. The van der Waals surface area contributed by atoms with E-state index in [2.05, 4.69) is 15.5 Å². The molecule has 6 nitrogen and oxygen atoms in total. The average molecular weight is 254 g/mol. The molecule has 0 fully saturated rings. The van der Waals surface area contributed by atoms with E-state index in [0.29, 0.717) is 5.89 Å². The van der Waals surface area contributed by atoms with Crippen molar-refractivity contribution >= 4 is 27.5 Å². The lowest BCUT2D eigenvalue weighted by molar-refractivity contribution is 0.526. The van der Waals surface area contributed by atoms with Crippen molar-refractivity contribution in [3.05, 3.63) is 5.89 Å².